The molecule has 1 saturated heterocycles. The maximum Gasteiger partial charge on any atom is 0.324 e. The number of hydrogen-bond donors (Lipinski definition) is 2. The zero-order valence-corrected chi connectivity index (χ0v) is 10.2. The van der Waals surface area contributed by atoms with Crippen LogP contribution in [0.2, 0.25) is 0 Å². The van der Waals surface area contributed by atoms with Crippen LogP contribution >= 0.6 is 0 Å². The van der Waals surface area contributed by atoms with Gasteiger partial charge in [0.1, 0.15) is 5.54 Å². The molecule has 2 aliphatic rings. The Morgan fingerprint density at radius 3 is 2.76 bits per heavy atom. The largest absolute Gasteiger partial charge is 0.480 e. The number of carboxylic acid groups (broad SMARTS) is 1. The van der Waals surface area contributed by atoms with Crippen LogP contribution in [-0.2, 0) is 9.53 Å². The van der Waals surface area contributed by atoms with Crippen LogP contribution in [-0.4, -0.2) is 36.4 Å². The third-order valence-corrected chi connectivity index (χ3v) is 3.86. The second-order valence-electron chi connectivity index (χ2n) is 5.03. The Morgan fingerprint density at radius 1 is 1.41 bits per heavy atom. The van der Waals surface area contributed by atoms with Crippen LogP contribution in [0.3, 0.4) is 0 Å². The van der Waals surface area contributed by atoms with Crippen molar-refractivity contribution in [2.75, 3.05) is 19.8 Å². The fourth-order valence-corrected chi connectivity index (χ4v) is 2.57. The van der Waals surface area contributed by atoms with Crippen LogP contribution in [0.5, 0.6) is 0 Å². The number of nitrogens with one attached hydrogen (secondary N) is 1. The lowest BCUT2D eigenvalue weighted by Gasteiger charge is -2.35. The molecule has 1 aliphatic heterocycles. The van der Waals surface area contributed by atoms with Crippen molar-refractivity contribution in [3.8, 4) is 0 Å². The summed E-state index contributed by atoms with van der Waals surface area (Å²) in [5, 5.41) is 12.7. The maximum absolute atomic E-state index is 11.4. The fraction of sp³-hybridized carbons (Fsp3) is 0.769. The number of ether oxygens (including phenoxy) is 1. The molecule has 2 rings (SSSR count). The minimum atomic E-state index is -0.751. The zero-order valence-electron chi connectivity index (χ0n) is 10.2. The third kappa shape index (κ3) is 3.07. The highest BCUT2D eigenvalue weighted by Gasteiger charge is 2.39. The highest BCUT2D eigenvalue weighted by Crippen LogP contribution is 2.23. The molecule has 1 aliphatic carbocycles. The maximum atomic E-state index is 11.4. The Morgan fingerprint density at radius 2 is 2.18 bits per heavy atom. The molecule has 0 aromatic rings. The van der Waals surface area contributed by atoms with E-state index in [1.165, 1.54) is 0 Å². The van der Waals surface area contributed by atoms with E-state index in [1.54, 1.807) is 0 Å². The Kier molecular flexibility index (Phi) is 4.18. The fourth-order valence-electron chi connectivity index (χ4n) is 2.57. The minimum Gasteiger partial charge on any atom is -0.480 e. The lowest BCUT2D eigenvalue weighted by Crippen LogP contribution is -2.56. The average molecular weight is 239 g/mol. The first kappa shape index (κ1) is 12.6. The van der Waals surface area contributed by atoms with Crippen LogP contribution in [0.15, 0.2) is 12.2 Å². The van der Waals surface area contributed by atoms with Gasteiger partial charge in [-0.1, -0.05) is 12.2 Å². The molecule has 1 heterocycles. The van der Waals surface area contributed by atoms with Gasteiger partial charge in [-0.2, -0.15) is 0 Å². The van der Waals surface area contributed by atoms with Gasteiger partial charge in [-0.3, -0.25) is 4.79 Å². The van der Waals surface area contributed by atoms with E-state index in [1.807, 2.05) is 0 Å². The minimum absolute atomic E-state index is 0.546. The molecule has 1 unspecified atom stereocenters. The van der Waals surface area contributed by atoms with E-state index < -0.39 is 11.5 Å². The zero-order chi connectivity index (χ0) is 12.1. The van der Waals surface area contributed by atoms with Gasteiger partial charge in [-0.05, 0) is 44.6 Å². The molecular weight excluding hydrogens is 218 g/mol. The SMILES string of the molecule is O=C(O)C1(NCC2CC=CCC2)CCOCC1. The Labute approximate surface area is 102 Å². The molecule has 4 nitrogen and oxygen atoms in total. The van der Waals surface area contributed by atoms with Crippen molar-refractivity contribution in [2.24, 2.45) is 5.92 Å². The van der Waals surface area contributed by atoms with Crippen molar-refractivity contribution in [1.82, 2.24) is 5.32 Å². The molecule has 1 atom stereocenters. The van der Waals surface area contributed by atoms with Gasteiger partial charge >= 0.3 is 5.97 Å². The summed E-state index contributed by atoms with van der Waals surface area (Å²) in [6, 6.07) is 0. The number of carboxylic acids is 1. The van der Waals surface area contributed by atoms with Gasteiger partial charge in [-0.15, -0.1) is 0 Å². The van der Waals surface area contributed by atoms with E-state index in [0.29, 0.717) is 32.0 Å². The van der Waals surface area contributed by atoms with Crippen LogP contribution < -0.4 is 5.32 Å². The average Bonchev–Trinajstić information content (AvgIpc) is 2.38. The first-order valence-electron chi connectivity index (χ1n) is 6.44. The van der Waals surface area contributed by atoms with E-state index in [2.05, 4.69) is 17.5 Å². The Hall–Kier alpha value is -0.870. The second kappa shape index (κ2) is 5.65. The van der Waals surface area contributed by atoms with Gasteiger partial charge < -0.3 is 15.2 Å². The lowest BCUT2D eigenvalue weighted by atomic mass is 9.88. The van der Waals surface area contributed by atoms with Crippen molar-refractivity contribution in [2.45, 2.75) is 37.6 Å². The summed E-state index contributed by atoms with van der Waals surface area (Å²) in [7, 11) is 0. The molecule has 2 N–H and O–H groups in total. The van der Waals surface area contributed by atoms with Gasteiger partial charge in [-0.25, -0.2) is 0 Å². The molecule has 0 saturated carbocycles. The van der Waals surface area contributed by atoms with E-state index in [-0.39, 0.29) is 0 Å². The first-order valence-corrected chi connectivity index (χ1v) is 6.44. The first-order chi connectivity index (χ1) is 8.23. The molecule has 17 heavy (non-hydrogen) atoms. The van der Waals surface area contributed by atoms with Gasteiger partial charge in [0.15, 0.2) is 0 Å². The molecule has 4 heteroatoms. The van der Waals surface area contributed by atoms with E-state index in [0.717, 1.165) is 25.8 Å². The predicted molar refractivity (Wildman–Crippen MR) is 64.9 cm³/mol. The number of aliphatic carboxylic acids is 1. The normalized spacial score (nSPS) is 27.9. The monoisotopic (exact) mass is 239 g/mol. The van der Waals surface area contributed by atoms with Gasteiger partial charge in [0.05, 0.1) is 0 Å². The van der Waals surface area contributed by atoms with Gasteiger partial charge in [0, 0.05) is 13.2 Å². The Balaban J connectivity index is 1.89. The molecule has 0 amide bonds. The van der Waals surface area contributed by atoms with Crippen LogP contribution in [0, 0.1) is 5.92 Å². The summed E-state index contributed by atoms with van der Waals surface area (Å²) in [5.41, 5.74) is -0.751. The molecule has 0 spiro atoms. The number of hydrogen-bond acceptors (Lipinski definition) is 3. The van der Waals surface area contributed by atoms with Crippen LogP contribution in [0.1, 0.15) is 32.1 Å². The molecule has 96 valence electrons. The molecular formula is C13H21NO3. The predicted octanol–water partition coefficient (Wildman–Crippen LogP) is 1.57. The summed E-state index contributed by atoms with van der Waals surface area (Å²) in [6.45, 7) is 1.89. The van der Waals surface area contributed by atoms with Crippen molar-refractivity contribution >= 4 is 5.97 Å². The topological polar surface area (TPSA) is 58.6 Å². The second-order valence-corrected chi connectivity index (χ2v) is 5.03. The summed E-state index contributed by atoms with van der Waals surface area (Å²) < 4.78 is 5.25. The Bertz CT molecular complexity index is 295. The number of allylic oxidation sites excluding steroid dienone is 2. The van der Waals surface area contributed by atoms with E-state index in [9.17, 15) is 9.90 Å². The highest BCUT2D eigenvalue weighted by molar-refractivity contribution is 5.78. The molecule has 0 aromatic heterocycles. The lowest BCUT2D eigenvalue weighted by molar-refractivity contribution is -0.149. The summed E-state index contributed by atoms with van der Waals surface area (Å²) in [6.07, 6.45) is 8.91. The van der Waals surface area contributed by atoms with Crippen LogP contribution in [0.25, 0.3) is 0 Å². The van der Waals surface area contributed by atoms with E-state index >= 15 is 0 Å². The molecule has 0 radical (unpaired) electrons. The highest BCUT2D eigenvalue weighted by atomic mass is 16.5. The summed E-state index contributed by atoms with van der Waals surface area (Å²) in [5.74, 6) is -0.147. The standard InChI is InChI=1S/C13H21NO3/c15-12(16)13(6-8-17-9-7-13)14-10-11-4-2-1-3-5-11/h1-2,11,14H,3-10H2,(H,15,16). The van der Waals surface area contributed by atoms with Crippen molar-refractivity contribution in [1.29, 1.82) is 0 Å². The van der Waals surface area contributed by atoms with Crippen molar-refractivity contribution < 1.29 is 14.6 Å². The van der Waals surface area contributed by atoms with E-state index in [4.69, 9.17) is 4.74 Å². The molecule has 0 aromatic carbocycles. The molecule has 0 bridgehead atoms. The van der Waals surface area contributed by atoms with Gasteiger partial charge in [0.2, 0.25) is 0 Å². The number of rotatable bonds is 4. The van der Waals surface area contributed by atoms with Gasteiger partial charge in [0.25, 0.3) is 0 Å². The number of carbonyl (C=O) groups is 1. The summed E-state index contributed by atoms with van der Waals surface area (Å²) >= 11 is 0. The summed E-state index contributed by atoms with van der Waals surface area (Å²) in [4.78, 5) is 11.4. The quantitative estimate of drug-likeness (QED) is 0.731. The van der Waals surface area contributed by atoms with Crippen LogP contribution in [0.4, 0.5) is 0 Å². The van der Waals surface area contributed by atoms with Crippen molar-refractivity contribution in [3.63, 3.8) is 0 Å². The third-order valence-electron chi connectivity index (χ3n) is 3.86. The smallest absolute Gasteiger partial charge is 0.324 e. The molecule has 1 fully saturated rings. The van der Waals surface area contributed by atoms with Crippen molar-refractivity contribution in [3.05, 3.63) is 12.2 Å².